The first-order valence-electron chi connectivity index (χ1n) is 8.24. The van der Waals surface area contributed by atoms with Crippen molar-refractivity contribution in [1.82, 2.24) is 9.21 Å². The first-order valence-corrected chi connectivity index (χ1v) is 9.68. The molecule has 1 heterocycles. The maximum absolute atomic E-state index is 13.4. The lowest BCUT2D eigenvalue weighted by Gasteiger charge is -2.46. The average molecular weight is 354 g/mol. The number of halogens is 1. The van der Waals surface area contributed by atoms with Crippen LogP contribution in [0.3, 0.4) is 0 Å². The van der Waals surface area contributed by atoms with Crippen LogP contribution in [0, 0.1) is 11.2 Å². The molecule has 5 nitrogen and oxygen atoms in total. The minimum absolute atomic E-state index is 0.0313. The highest BCUT2D eigenvalue weighted by molar-refractivity contribution is 7.89. The number of fused-ring (bicyclic) bond motifs is 1. The van der Waals surface area contributed by atoms with Gasteiger partial charge in [-0.25, -0.2) is 17.1 Å². The second-order valence-electron chi connectivity index (χ2n) is 6.99. The van der Waals surface area contributed by atoms with Crippen molar-refractivity contribution in [3.8, 4) is 0 Å². The lowest BCUT2D eigenvalue weighted by atomic mass is 9.75. The van der Waals surface area contributed by atoms with E-state index >= 15 is 0 Å². The number of sulfonamides is 1. The van der Waals surface area contributed by atoms with E-state index in [-0.39, 0.29) is 22.3 Å². The maximum atomic E-state index is 13.4. The maximum Gasteiger partial charge on any atom is 0.242 e. The quantitative estimate of drug-likeness (QED) is 0.833. The molecule has 0 unspecified atom stereocenters. The Labute approximate surface area is 142 Å². The topological polar surface area (TPSA) is 57.7 Å². The summed E-state index contributed by atoms with van der Waals surface area (Å²) >= 11 is 0. The third-order valence-corrected chi connectivity index (χ3v) is 7.40. The molecular formula is C17H23FN2O3S. The number of hydrogen-bond donors (Lipinski definition) is 0. The summed E-state index contributed by atoms with van der Waals surface area (Å²) in [7, 11) is -0.391. The van der Waals surface area contributed by atoms with Crippen molar-refractivity contribution in [2.45, 2.75) is 43.0 Å². The molecule has 1 saturated heterocycles. The van der Waals surface area contributed by atoms with Crippen molar-refractivity contribution in [1.29, 1.82) is 0 Å². The smallest absolute Gasteiger partial charge is 0.242 e. The Morgan fingerprint density at radius 2 is 2.12 bits per heavy atom. The van der Waals surface area contributed by atoms with Crippen LogP contribution in [0.5, 0.6) is 0 Å². The first-order chi connectivity index (χ1) is 11.3. The van der Waals surface area contributed by atoms with Crippen LogP contribution in [0.1, 0.15) is 32.1 Å². The highest BCUT2D eigenvalue weighted by Crippen LogP contribution is 2.48. The van der Waals surface area contributed by atoms with Gasteiger partial charge in [-0.15, -0.1) is 0 Å². The number of rotatable bonds is 4. The van der Waals surface area contributed by atoms with E-state index in [0.717, 1.165) is 25.3 Å². The highest BCUT2D eigenvalue weighted by atomic mass is 32.2. The van der Waals surface area contributed by atoms with Gasteiger partial charge in [-0.05, 0) is 37.5 Å². The number of likely N-dealkylation sites (tertiary alicyclic amines) is 1. The standard InChI is InChI=1S/C17H23FN2O3S/c1-19(24(22,23)14-6-3-5-13(18)11-14)12-17-9-4-7-15(17)20(2)16(21)8-10-17/h3,5-6,11,15H,4,7-10,12H2,1-2H3/t15-,17+/m1/s1. The Bertz CT molecular complexity index is 752. The fraction of sp³-hybridized carbons (Fsp3) is 0.588. The number of benzene rings is 1. The van der Waals surface area contributed by atoms with Crippen molar-refractivity contribution in [3.63, 3.8) is 0 Å². The zero-order chi connectivity index (χ0) is 17.5. The van der Waals surface area contributed by atoms with E-state index in [1.54, 1.807) is 11.9 Å². The first kappa shape index (κ1) is 17.4. The molecule has 0 bridgehead atoms. The molecule has 2 fully saturated rings. The lowest BCUT2D eigenvalue weighted by molar-refractivity contribution is -0.139. The monoisotopic (exact) mass is 354 g/mol. The van der Waals surface area contributed by atoms with Crippen molar-refractivity contribution in [3.05, 3.63) is 30.1 Å². The van der Waals surface area contributed by atoms with E-state index in [9.17, 15) is 17.6 Å². The summed E-state index contributed by atoms with van der Waals surface area (Å²) in [5, 5.41) is 0. The van der Waals surface area contributed by atoms with Crippen LogP contribution in [0.2, 0.25) is 0 Å². The van der Waals surface area contributed by atoms with Gasteiger partial charge in [0.05, 0.1) is 4.90 Å². The summed E-state index contributed by atoms with van der Waals surface area (Å²) in [5.41, 5.74) is -0.197. The lowest BCUT2D eigenvalue weighted by Crippen LogP contribution is -2.54. The van der Waals surface area contributed by atoms with Gasteiger partial charge in [-0.2, -0.15) is 0 Å². The van der Waals surface area contributed by atoms with Gasteiger partial charge in [0.15, 0.2) is 0 Å². The average Bonchev–Trinajstić information content (AvgIpc) is 2.95. The zero-order valence-electron chi connectivity index (χ0n) is 14.0. The van der Waals surface area contributed by atoms with Gasteiger partial charge < -0.3 is 4.90 Å². The predicted octanol–water partition coefficient (Wildman–Crippen LogP) is 2.24. The molecule has 1 aliphatic heterocycles. The SMILES string of the molecule is CN1C(=O)CC[C@]2(CN(C)S(=O)(=O)c3cccc(F)c3)CCC[C@@H]12. The number of nitrogens with zero attached hydrogens (tertiary/aromatic N) is 2. The molecule has 0 radical (unpaired) electrons. The summed E-state index contributed by atoms with van der Waals surface area (Å²) in [4.78, 5) is 13.7. The van der Waals surface area contributed by atoms with Gasteiger partial charge in [-0.1, -0.05) is 12.5 Å². The fourth-order valence-corrected chi connectivity index (χ4v) is 5.62. The fourth-order valence-electron chi connectivity index (χ4n) is 4.32. The highest BCUT2D eigenvalue weighted by Gasteiger charge is 2.50. The van der Waals surface area contributed by atoms with Gasteiger partial charge in [0.2, 0.25) is 15.9 Å². The van der Waals surface area contributed by atoms with E-state index in [2.05, 4.69) is 0 Å². The van der Waals surface area contributed by atoms with E-state index in [0.29, 0.717) is 19.4 Å². The van der Waals surface area contributed by atoms with E-state index in [4.69, 9.17) is 0 Å². The molecular weight excluding hydrogens is 331 g/mol. The van der Waals surface area contributed by atoms with Gasteiger partial charge in [0.1, 0.15) is 5.82 Å². The number of piperidine rings is 1. The molecule has 1 saturated carbocycles. The van der Waals surface area contributed by atoms with Crippen LogP contribution in [-0.4, -0.2) is 50.2 Å². The molecule has 2 aliphatic rings. The Morgan fingerprint density at radius 3 is 2.83 bits per heavy atom. The number of hydrogen-bond acceptors (Lipinski definition) is 3. The largest absolute Gasteiger partial charge is 0.342 e. The van der Waals surface area contributed by atoms with Crippen LogP contribution < -0.4 is 0 Å². The van der Waals surface area contributed by atoms with Crippen molar-refractivity contribution in [2.75, 3.05) is 20.6 Å². The Kier molecular flexibility index (Phi) is 4.42. The van der Waals surface area contributed by atoms with E-state index in [1.807, 2.05) is 7.05 Å². The van der Waals surface area contributed by atoms with Crippen molar-refractivity contribution in [2.24, 2.45) is 5.41 Å². The third-order valence-electron chi connectivity index (χ3n) is 5.60. The summed E-state index contributed by atoms with van der Waals surface area (Å²) in [6, 6.07) is 5.18. The van der Waals surface area contributed by atoms with Gasteiger partial charge >= 0.3 is 0 Å². The molecule has 0 spiro atoms. The number of carbonyl (C=O) groups is 1. The Morgan fingerprint density at radius 1 is 1.38 bits per heavy atom. The summed E-state index contributed by atoms with van der Waals surface area (Å²) in [6.45, 7) is 0.355. The minimum Gasteiger partial charge on any atom is -0.342 e. The minimum atomic E-state index is -3.75. The molecule has 24 heavy (non-hydrogen) atoms. The summed E-state index contributed by atoms with van der Waals surface area (Å²) < 4.78 is 40.3. The van der Waals surface area contributed by atoms with Gasteiger partial charge in [-0.3, -0.25) is 4.79 Å². The Balaban J connectivity index is 1.86. The summed E-state index contributed by atoms with van der Waals surface area (Å²) in [5.74, 6) is -0.433. The van der Waals surface area contributed by atoms with Crippen LogP contribution in [0.25, 0.3) is 0 Å². The molecule has 1 aliphatic carbocycles. The molecule has 1 aromatic carbocycles. The van der Waals surface area contributed by atoms with Crippen LogP contribution in [0.15, 0.2) is 29.2 Å². The van der Waals surface area contributed by atoms with E-state index < -0.39 is 15.8 Å². The van der Waals surface area contributed by atoms with Crippen molar-refractivity contribution >= 4 is 15.9 Å². The molecule has 132 valence electrons. The second kappa shape index (κ2) is 6.11. The second-order valence-corrected chi connectivity index (χ2v) is 9.04. The number of carbonyl (C=O) groups excluding carboxylic acids is 1. The normalized spacial score (nSPS) is 27.6. The van der Waals surface area contributed by atoms with Gasteiger partial charge in [0, 0.05) is 38.5 Å². The summed E-state index contributed by atoms with van der Waals surface area (Å²) in [6.07, 6.45) is 4.00. The molecule has 0 aromatic heterocycles. The van der Waals surface area contributed by atoms with Crippen LogP contribution >= 0.6 is 0 Å². The molecule has 3 rings (SSSR count). The molecule has 2 atom stereocenters. The Hall–Kier alpha value is -1.47. The predicted molar refractivity (Wildman–Crippen MR) is 88.3 cm³/mol. The molecule has 1 aromatic rings. The molecule has 1 amide bonds. The van der Waals surface area contributed by atoms with Crippen molar-refractivity contribution < 1.29 is 17.6 Å². The van der Waals surface area contributed by atoms with Crippen LogP contribution in [0.4, 0.5) is 4.39 Å². The molecule has 7 heteroatoms. The van der Waals surface area contributed by atoms with Gasteiger partial charge in [0.25, 0.3) is 0 Å². The molecule has 0 N–H and O–H groups in total. The van der Waals surface area contributed by atoms with E-state index in [1.165, 1.54) is 22.5 Å². The third kappa shape index (κ3) is 2.84. The van der Waals surface area contributed by atoms with Crippen LogP contribution in [-0.2, 0) is 14.8 Å². The zero-order valence-corrected chi connectivity index (χ0v) is 14.9. The number of amides is 1.